The molecule has 0 amide bonds. The summed E-state index contributed by atoms with van der Waals surface area (Å²) < 4.78 is 22.1. The Kier molecular flexibility index (Phi) is 0.637. The van der Waals surface area contributed by atoms with Crippen molar-refractivity contribution >= 4 is 11.2 Å². The van der Waals surface area contributed by atoms with Crippen molar-refractivity contribution in [1.29, 1.82) is 0 Å². The normalized spacial score (nSPS) is 15.8. The van der Waals surface area contributed by atoms with Crippen LogP contribution in [0.25, 0.3) is 11.2 Å². The van der Waals surface area contributed by atoms with Crippen LogP contribution in [-0.4, -0.2) is 19.5 Å². The zero-order chi connectivity index (χ0) is 10.3. The molecule has 5 heteroatoms. The summed E-state index contributed by atoms with van der Waals surface area (Å²) in [4.78, 5) is 21.0. The maximum Gasteiger partial charge on any atom is 0.327 e. The molecule has 2 aromatic rings. The van der Waals surface area contributed by atoms with Crippen molar-refractivity contribution < 1.29 is 4.11 Å². The Bertz CT molecular complexity index is 526. The van der Waals surface area contributed by atoms with Crippen LogP contribution < -0.4 is 5.69 Å². The Labute approximate surface area is 65.9 Å². The molecule has 2 rings (SSSR count). The van der Waals surface area contributed by atoms with E-state index in [0.717, 1.165) is 0 Å². The van der Waals surface area contributed by atoms with Gasteiger partial charge in [0.2, 0.25) is 0 Å². The number of fused-ring (bicyclic) bond motifs is 1. The van der Waals surface area contributed by atoms with Crippen LogP contribution in [0.2, 0.25) is 0 Å². The highest BCUT2D eigenvalue weighted by atomic mass is 16.1. The minimum absolute atomic E-state index is 0.178. The van der Waals surface area contributed by atoms with Gasteiger partial charge in [0.15, 0.2) is 5.65 Å². The first-order valence-corrected chi connectivity index (χ1v) is 2.91. The quantitative estimate of drug-likeness (QED) is 0.563. The summed E-state index contributed by atoms with van der Waals surface area (Å²) in [5.74, 6) is 0. The van der Waals surface area contributed by atoms with E-state index in [-0.39, 0.29) is 11.2 Å². The van der Waals surface area contributed by atoms with E-state index >= 15 is 0 Å². The van der Waals surface area contributed by atoms with Crippen LogP contribution in [0.1, 0.15) is 4.11 Å². The molecule has 0 saturated carbocycles. The number of aromatic nitrogens is 4. The molecular formula is C6H6N4O. The number of imidazole rings is 1. The topological polar surface area (TPSA) is 63.6 Å². The van der Waals surface area contributed by atoms with Crippen molar-refractivity contribution in [3.05, 3.63) is 23.0 Å². The van der Waals surface area contributed by atoms with Crippen molar-refractivity contribution in [2.75, 3.05) is 0 Å². The lowest BCUT2D eigenvalue weighted by Crippen LogP contribution is -2.11. The van der Waals surface area contributed by atoms with Gasteiger partial charge in [-0.25, -0.2) is 14.8 Å². The fourth-order valence-electron chi connectivity index (χ4n) is 0.849. The monoisotopic (exact) mass is 153 g/mol. The molecule has 0 atom stereocenters. The van der Waals surface area contributed by atoms with Crippen LogP contribution in [0.3, 0.4) is 0 Å². The Hall–Kier alpha value is -1.65. The second-order valence-corrected chi connectivity index (χ2v) is 2.02. The molecule has 1 N–H and O–H groups in total. The second kappa shape index (κ2) is 1.91. The van der Waals surface area contributed by atoms with Crippen LogP contribution >= 0.6 is 0 Å². The summed E-state index contributed by atoms with van der Waals surface area (Å²) in [6.07, 6.45) is 2.52. The highest BCUT2D eigenvalue weighted by Crippen LogP contribution is 2.00. The molecule has 0 aromatic carbocycles. The third-order valence-electron chi connectivity index (χ3n) is 1.36. The molecule has 0 unspecified atom stereocenters. The molecule has 0 saturated heterocycles. The summed E-state index contributed by atoms with van der Waals surface area (Å²) >= 11 is 0. The van der Waals surface area contributed by atoms with Gasteiger partial charge in [-0.05, 0) is 0 Å². The molecule has 5 nitrogen and oxygen atoms in total. The van der Waals surface area contributed by atoms with Crippen LogP contribution in [0.15, 0.2) is 17.3 Å². The number of aryl methyl sites for hydroxylation is 1. The number of nitrogens with one attached hydrogen (secondary N) is 1. The molecule has 0 aliphatic carbocycles. The molecule has 56 valence electrons. The van der Waals surface area contributed by atoms with Crippen molar-refractivity contribution in [2.24, 2.45) is 6.98 Å². The highest BCUT2D eigenvalue weighted by Gasteiger charge is 2.01. The van der Waals surface area contributed by atoms with Gasteiger partial charge in [0.25, 0.3) is 0 Å². The summed E-state index contributed by atoms with van der Waals surface area (Å²) in [6.45, 7) is -2.51. The lowest BCUT2D eigenvalue weighted by molar-refractivity contribution is 0.890. The fourth-order valence-corrected chi connectivity index (χ4v) is 0.849. The average Bonchev–Trinajstić information content (AvgIpc) is 2.38. The van der Waals surface area contributed by atoms with Crippen molar-refractivity contribution in [3.63, 3.8) is 0 Å². The molecule has 11 heavy (non-hydrogen) atoms. The fraction of sp³-hybridized carbons (Fsp3) is 0.167. The molecular weight excluding hydrogens is 144 g/mol. The van der Waals surface area contributed by atoms with Gasteiger partial charge in [-0.1, -0.05) is 0 Å². The molecule has 2 aromatic heterocycles. The maximum absolute atomic E-state index is 11.3. The van der Waals surface area contributed by atoms with E-state index in [9.17, 15) is 4.79 Å². The second-order valence-electron chi connectivity index (χ2n) is 2.02. The SMILES string of the molecule is [2H]C([2H])([2H])n1c(=O)[nH]c2ncncc21. The van der Waals surface area contributed by atoms with E-state index in [0.29, 0.717) is 4.57 Å². The van der Waals surface area contributed by atoms with Gasteiger partial charge in [-0.2, -0.15) is 0 Å². The maximum atomic E-state index is 11.3. The Morgan fingerprint density at radius 1 is 1.82 bits per heavy atom. The smallest absolute Gasteiger partial charge is 0.292 e. The van der Waals surface area contributed by atoms with Gasteiger partial charge in [0.1, 0.15) is 11.8 Å². The minimum Gasteiger partial charge on any atom is -0.292 e. The lowest BCUT2D eigenvalue weighted by atomic mass is 10.5. The number of rotatable bonds is 0. The van der Waals surface area contributed by atoms with Crippen molar-refractivity contribution in [2.45, 2.75) is 0 Å². The van der Waals surface area contributed by atoms with E-state index in [1.165, 1.54) is 12.5 Å². The Balaban J connectivity index is 2.88. The van der Waals surface area contributed by atoms with Crippen LogP contribution in [0, 0.1) is 0 Å². The van der Waals surface area contributed by atoms with Crippen molar-refractivity contribution in [1.82, 2.24) is 19.5 Å². The number of hydrogen-bond donors (Lipinski definition) is 1. The predicted octanol–water partition coefficient (Wildman–Crippen LogP) is -0.343. The Morgan fingerprint density at radius 2 is 2.73 bits per heavy atom. The molecule has 0 fully saturated rings. The average molecular weight is 153 g/mol. The zero-order valence-electron chi connectivity index (χ0n) is 8.40. The number of hydrogen-bond acceptors (Lipinski definition) is 3. The van der Waals surface area contributed by atoms with Crippen LogP contribution in [0.5, 0.6) is 0 Å². The number of nitrogens with zero attached hydrogens (tertiary/aromatic N) is 3. The molecule has 0 aliphatic heterocycles. The first-order chi connectivity index (χ1) is 6.50. The van der Waals surface area contributed by atoms with E-state index in [1.54, 1.807) is 0 Å². The lowest BCUT2D eigenvalue weighted by Gasteiger charge is -1.88. The standard InChI is InChI=1S/C6H6N4O/c1-10-4-2-7-3-8-5(4)9-6(10)11/h2-3H,1H3,(H,7,8,9,11)/i1D3. The van der Waals surface area contributed by atoms with Gasteiger partial charge >= 0.3 is 5.69 Å². The number of aromatic amines is 1. The van der Waals surface area contributed by atoms with Gasteiger partial charge in [0, 0.05) is 11.1 Å². The Morgan fingerprint density at radius 3 is 3.55 bits per heavy atom. The molecule has 0 spiro atoms. The van der Waals surface area contributed by atoms with E-state index < -0.39 is 12.7 Å². The molecule has 2 heterocycles. The van der Waals surface area contributed by atoms with Crippen LogP contribution in [0.4, 0.5) is 0 Å². The van der Waals surface area contributed by atoms with Crippen LogP contribution in [-0.2, 0) is 6.98 Å². The molecule has 0 aliphatic rings. The van der Waals surface area contributed by atoms with E-state index in [1.807, 2.05) is 0 Å². The summed E-state index contributed by atoms with van der Waals surface area (Å²) in [5.41, 5.74) is -0.306. The third kappa shape index (κ3) is 0.739. The molecule has 0 bridgehead atoms. The first-order valence-electron chi connectivity index (χ1n) is 4.41. The predicted molar refractivity (Wildman–Crippen MR) is 39.1 cm³/mol. The third-order valence-corrected chi connectivity index (χ3v) is 1.36. The summed E-state index contributed by atoms with van der Waals surface area (Å²) in [5, 5.41) is 0. The highest BCUT2D eigenvalue weighted by molar-refractivity contribution is 5.68. The number of H-pyrrole nitrogens is 1. The summed E-state index contributed by atoms with van der Waals surface area (Å²) in [7, 11) is 0. The van der Waals surface area contributed by atoms with Gasteiger partial charge < -0.3 is 0 Å². The molecule has 0 radical (unpaired) electrons. The van der Waals surface area contributed by atoms with Gasteiger partial charge in [-0.3, -0.25) is 9.55 Å². The van der Waals surface area contributed by atoms with E-state index in [2.05, 4.69) is 15.0 Å². The van der Waals surface area contributed by atoms with Gasteiger partial charge in [-0.15, -0.1) is 0 Å². The van der Waals surface area contributed by atoms with Gasteiger partial charge in [0.05, 0.1) is 6.20 Å². The largest absolute Gasteiger partial charge is 0.327 e. The van der Waals surface area contributed by atoms with E-state index in [4.69, 9.17) is 4.11 Å². The zero-order valence-corrected chi connectivity index (χ0v) is 5.40. The first kappa shape index (κ1) is 3.66. The summed E-state index contributed by atoms with van der Waals surface area (Å²) in [6, 6.07) is 0. The van der Waals surface area contributed by atoms with Crippen molar-refractivity contribution in [3.8, 4) is 0 Å². The minimum atomic E-state index is -2.51.